The minimum Gasteiger partial charge on any atom is -0.395 e. The van der Waals surface area contributed by atoms with Gasteiger partial charge in [-0.25, -0.2) is 4.98 Å². The number of anilines is 1. The molecule has 0 spiro atoms. The van der Waals surface area contributed by atoms with Gasteiger partial charge in [-0.15, -0.1) is 8.78 Å². The summed E-state index contributed by atoms with van der Waals surface area (Å²) in [6.07, 6.45) is -7.56. The van der Waals surface area contributed by atoms with Gasteiger partial charge in [0.1, 0.15) is 12.1 Å². The van der Waals surface area contributed by atoms with Crippen molar-refractivity contribution in [3.63, 3.8) is 0 Å². The van der Waals surface area contributed by atoms with Crippen LogP contribution in [0.15, 0.2) is 30.6 Å². The van der Waals surface area contributed by atoms with Gasteiger partial charge in [0.05, 0.1) is 11.6 Å². The highest BCUT2D eigenvalue weighted by atomic mass is 19.4. The average Bonchev–Trinajstić information content (AvgIpc) is 3.19. The fourth-order valence-corrected chi connectivity index (χ4v) is 3.02. The quantitative estimate of drug-likeness (QED) is 0.612. The molecule has 3 heterocycles. The molecular formula is C17H14F5N5O3. The van der Waals surface area contributed by atoms with Gasteiger partial charge >= 0.3 is 12.5 Å². The molecule has 30 heavy (non-hydrogen) atoms. The summed E-state index contributed by atoms with van der Waals surface area (Å²) >= 11 is 0. The van der Waals surface area contributed by atoms with E-state index in [0.29, 0.717) is 6.07 Å². The molecule has 0 saturated heterocycles. The number of benzene rings is 1. The van der Waals surface area contributed by atoms with Crippen molar-refractivity contribution >= 4 is 11.6 Å². The van der Waals surface area contributed by atoms with E-state index in [1.807, 2.05) is 0 Å². The normalized spacial score (nSPS) is 16.7. The van der Waals surface area contributed by atoms with E-state index in [0.717, 1.165) is 10.8 Å². The molecule has 0 amide bonds. The summed E-state index contributed by atoms with van der Waals surface area (Å²) in [6, 6.07) is 3.45. The van der Waals surface area contributed by atoms with Crippen molar-refractivity contribution in [1.82, 2.24) is 19.6 Å². The van der Waals surface area contributed by atoms with E-state index < -0.39 is 29.8 Å². The van der Waals surface area contributed by atoms with Crippen LogP contribution in [0.1, 0.15) is 31.1 Å². The maximum Gasteiger partial charge on any atom is 0.586 e. The first kappa shape index (κ1) is 20.1. The fourth-order valence-electron chi connectivity index (χ4n) is 3.02. The number of halogens is 5. The third-order valence-electron chi connectivity index (χ3n) is 4.30. The fraction of sp³-hybridized carbons (Fsp3) is 0.353. The summed E-state index contributed by atoms with van der Waals surface area (Å²) in [6.45, 7) is 2.79. The highest BCUT2D eigenvalue weighted by Gasteiger charge is 2.44. The number of hydrogen-bond acceptors (Lipinski definition) is 7. The number of aliphatic hydroxyl groups is 1. The molecule has 1 atom stereocenters. The Morgan fingerprint density at radius 2 is 1.83 bits per heavy atom. The predicted molar refractivity (Wildman–Crippen MR) is 91.1 cm³/mol. The minimum absolute atomic E-state index is 0.167. The third kappa shape index (κ3) is 3.67. The summed E-state index contributed by atoms with van der Waals surface area (Å²) in [5.41, 5.74) is -2.52. The van der Waals surface area contributed by atoms with Crippen LogP contribution < -0.4 is 14.8 Å². The Morgan fingerprint density at radius 1 is 1.13 bits per heavy atom. The number of fused-ring (bicyclic) bond motifs is 2. The van der Waals surface area contributed by atoms with Crippen LogP contribution in [0.2, 0.25) is 0 Å². The van der Waals surface area contributed by atoms with Gasteiger partial charge in [-0.1, -0.05) is 6.07 Å². The van der Waals surface area contributed by atoms with Crippen LogP contribution in [0.5, 0.6) is 11.5 Å². The Morgan fingerprint density at radius 3 is 2.50 bits per heavy atom. The molecule has 1 aromatic carbocycles. The van der Waals surface area contributed by atoms with E-state index in [4.69, 9.17) is 0 Å². The van der Waals surface area contributed by atoms with Gasteiger partial charge in [-0.2, -0.15) is 27.8 Å². The average molecular weight is 431 g/mol. The molecule has 1 unspecified atom stereocenters. The first-order chi connectivity index (χ1) is 13.8. The van der Waals surface area contributed by atoms with Gasteiger partial charge in [0, 0.05) is 6.07 Å². The zero-order valence-electron chi connectivity index (χ0n) is 15.4. The van der Waals surface area contributed by atoms with Crippen molar-refractivity contribution in [2.75, 3.05) is 5.32 Å². The van der Waals surface area contributed by atoms with Crippen LogP contribution in [0.3, 0.4) is 0 Å². The van der Waals surface area contributed by atoms with E-state index in [9.17, 15) is 27.1 Å². The van der Waals surface area contributed by atoms with Crippen LogP contribution in [-0.4, -0.2) is 36.6 Å². The topological polar surface area (TPSA) is 93.8 Å². The van der Waals surface area contributed by atoms with E-state index in [2.05, 4.69) is 29.9 Å². The number of aromatic nitrogens is 4. The van der Waals surface area contributed by atoms with E-state index in [1.54, 1.807) is 0 Å². The lowest BCUT2D eigenvalue weighted by atomic mass is 9.91. The summed E-state index contributed by atoms with van der Waals surface area (Å²) < 4.78 is 76.1. The van der Waals surface area contributed by atoms with Crippen molar-refractivity contribution in [2.45, 2.75) is 38.0 Å². The molecule has 13 heteroatoms. The molecule has 0 bridgehead atoms. The molecular weight excluding hydrogens is 417 g/mol. The number of rotatable bonds is 4. The summed E-state index contributed by atoms with van der Waals surface area (Å²) in [5, 5.41) is 17.2. The van der Waals surface area contributed by atoms with Gasteiger partial charge in [0.25, 0.3) is 5.78 Å². The largest absolute Gasteiger partial charge is 0.586 e. The Kier molecular flexibility index (Phi) is 4.27. The molecule has 1 aliphatic rings. The first-order valence-electron chi connectivity index (χ1n) is 8.50. The predicted octanol–water partition coefficient (Wildman–Crippen LogP) is 3.39. The monoisotopic (exact) mass is 431 g/mol. The molecule has 4 rings (SSSR count). The molecule has 2 aromatic heterocycles. The first-order valence-corrected chi connectivity index (χ1v) is 8.50. The SMILES string of the molecule is CC(C)(O)C(Nc1cc(C(F)(F)F)nc2ncnn12)c1ccc2c(c1)OC(F)(F)O2. The third-order valence-corrected chi connectivity index (χ3v) is 4.30. The number of alkyl halides is 5. The molecule has 0 radical (unpaired) electrons. The zero-order chi connectivity index (χ0) is 21.9. The Hall–Kier alpha value is -3.22. The van der Waals surface area contributed by atoms with Gasteiger partial charge in [-0.3, -0.25) is 0 Å². The molecule has 160 valence electrons. The van der Waals surface area contributed by atoms with Crippen molar-refractivity contribution in [2.24, 2.45) is 0 Å². The zero-order valence-corrected chi connectivity index (χ0v) is 15.4. The van der Waals surface area contributed by atoms with E-state index >= 15 is 0 Å². The highest BCUT2D eigenvalue weighted by molar-refractivity contribution is 5.51. The number of hydrogen-bond donors (Lipinski definition) is 2. The van der Waals surface area contributed by atoms with Crippen LogP contribution in [0, 0.1) is 0 Å². The Bertz CT molecular complexity index is 1110. The molecule has 8 nitrogen and oxygen atoms in total. The number of nitrogens with zero attached hydrogens (tertiary/aromatic N) is 4. The lowest BCUT2D eigenvalue weighted by Gasteiger charge is -2.31. The summed E-state index contributed by atoms with van der Waals surface area (Å²) in [4.78, 5) is 7.09. The maximum absolute atomic E-state index is 13.3. The van der Waals surface area contributed by atoms with Crippen LogP contribution in [0.4, 0.5) is 27.8 Å². The molecule has 0 aliphatic carbocycles. The lowest BCUT2D eigenvalue weighted by molar-refractivity contribution is -0.286. The molecule has 0 fully saturated rings. The lowest BCUT2D eigenvalue weighted by Crippen LogP contribution is -2.35. The van der Waals surface area contributed by atoms with Crippen molar-refractivity contribution in [1.29, 1.82) is 0 Å². The van der Waals surface area contributed by atoms with E-state index in [1.165, 1.54) is 32.0 Å². The second kappa shape index (κ2) is 6.39. The van der Waals surface area contributed by atoms with Crippen LogP contribution in [-0.2, 0) is 6.18 Å². The van der Waals surface area contributed by atoms with Crippen LogP contribution >= 0.6 is 0 Å². The summed E-state index contributed by atoms with van der Waals surface area (Å²) in [5.74, 6) is -0.961. The molecule has 2 N–H and O–H groups in total. The van der Waals surface area contributed by atoms with E-state index in [-0.39, 0.29) is 28.7 Å². The van der Waals surface area contributed by atoms with Gasteiger partial charge in [0.15, 0.2) is 17.2 Å². The second-order valence-corrected chi connectivity index (χ2v) is 7.10. The maximum atomic E-state index is 13.3. The number of ether oxygens (including phenoxy) is 2. The van der Waals surface area contributed by atoms with Crippen molar-refractivity contribution in [3.8, 4) is 11.5 Å². The minimum atomic E-state index is -4.75. The smallest absolute Gasteiger partial charge is 0.395 e. The highest BCUT2D eigenvalue weighted by Crippen LogP contribution is 2.43. The second-order valence-electron chi connectivity index (χ2n) is 7.10. The molecule has 1 aliphatic heterocycles. The molecule has 0 saturated carbocycles. The van der Waals surface area contributed by atoms with Crippen molar-refractivity contribution in [3.05, 3.63) is 41.9 Å². The van der Waals surface area contributed by atoms with Gasteiger partial charge < -0.3 is 19.9 Å². The van der Waals surface area contributed by atoms with Crippen LogP contribution in [0.25, 0.3) is 5.78 Å². The Labute approximate surface area is 165 Å². The number of nitrogens with one attached hydrogen (secondary N) is 1. The molecule has 3 aromatic rings. The Balaban J connectivity index is 1.77. The standard InChI is InChI=1S/C17H14F5N5O3/c1-15(2,28)13(8-3-4-9-10(5-8)30-17(21,22)29-9)26-12-6-11(16(18,19)20)25-14-23-7-24-27(12)14/h3-7,13,26,28H,1-2H3. The van der Waals surface area contributed by atoms with Gasteiger partial charge in [0.2, 0.25) is 0 Å². The van der Waals surface area contributed by atoms with Gasteiger partial charge in [-0.05, 0) is 31.5 Å². The summed E-state index contributed by atoms with van der Waals surface area (Å²) in [7, 11) is 0. The van der Waals surface area contributed by atoms with Crippen molar-refractivity contribution < 1.29 is 36.5 Å².